The number of halogens is 1. The monoisotopic (exact) mass is 378 g/mol. The summed E-state index contributed by atoms with van der Waals surface area (Å²) < 4.78 is 1.70. The number of hydrogen-bond donors (Lipinski definition) is 2. The second-order valence-electron chi connectivity index (χ2n) is 5.85. The van der Waals surface area contributed by atoms with Crippen molar-refractivity contribution in [2.45, 2.75) is 6.54 Å². The lowest BCUT2D eigenvalue weighted by molar-refractivity contribution is 0.0951. The summed E-state index contributed by atoms with van der Waals surface area (Å²) >= 11 is 5.95. The van der Waals surface area contributed by atoms with Gasteiger partial charge in [0, 0.05) is 17.1 Å². The molecule has 0 saturated heterocycles. The van der Waals surface area contributed by atoms with E-state index in [9.17, 15) is 4.79 Å². The third kappa shape index (κ3) is 3.58. The van der Waals surface area contributed by atoms with E-state index in [2.05, 4.69) is 25.7 Å². The third-order valence-electron chi connectivity index (χ3n) is 4.14. The van der Waals surface area contributed by atoms with E-state index < -0.39 is 0 Å². The molecule has 0 unspecified atom stereocenters. The maximum absolute atomic E-state index is 12.7. The first-order valence-electron chi connectivity index (χ1n) is 8.23. The number of para-hydroxylation sites is 1. The van der Waals surface area contributed by atoms with Crippen molar-refractivity contribution < 1.29 is 4.79 Å². The van der Waals surface area contributed by atoms with Gasteiger partial charge in [-0.3, -0.25) is 14.5 Å². The van der Waals surface area contributed by atoms with Crippen molar-refractivity contribution in [2.75, 3.05) is 0 Å². The number of nitrogens with one attached hydrogen (secondary N) is 2. The maximum atomic E-state index is 12.7. The third-order valence-corrected chi connectivity index (χ3v) is 4.39. The van der Waals surface area contributed by atoms with Crippen molar-refractivity contribution in [1.82, 2.24) is 30.3 Å². The summed E-state index contributed by atoms with van der Waals surface area (Å²) in [6, 6.07) is 14.7. The first-order valence-corrected chi connectivity index (χ1v) is 8.60. The average Bonchev–Trinajstić information content (AvgIpc) is 3.39. The number of rotatable bonds is 5. The molecule has 8 heteroatoms. The molecule has 0 fully saturated rings. The Morgan fingerprint density at radius 3 is 2.59 bits per heavy atom. The van der Waals surface area contributed by atoms with Gasteiger partial charge in [-0.1, -0.05) is 35.9 Å². The van der Waals surface area contributed by atoms with Crippen LogP contribution in [-0.4, -0.2) is 30.9 Å². The molecule has 2 aromatic heterocycles. The second kappa shape index (κ2) is 7.43. The Balaban J connectivity index is 1.53. The highest BCUT2D eigenvalue weighted by molar-refractivity contribution is 6.30. The molecule has 0 atom stereocenters. The first-order chi connectivity index (χ1) is 13.2. The number of benzene rings is 2. The zero-order valence-corrected chi connectivity index (χ0v) is 14.9. The molecule has 0 aliphatic heterocycles. The Bertz CT molecular complexity index is 1060. The van der Waals surface area contributed by atoms with E-state index in [1.165, 1.54) is 0 Å². The zero-order chi connectivity index (χ0) is 18.6. The quantitative estimate of drug-likeness (QED) is 0.558. The number of H-pyrrole nitrogens is 1. The fraction of sp³-hybridized carbons (Fsp3) is 0.0526. The molecule has 0 aliphatic rings. The molecule has 4 rings (SSSR count). The molecule has 0 spiro atoms. The highest BCUT2D eigenvalue weighted by atomic mass is 35.5. The molecular formula is C19H15ClN6O. The zero-order valence-electron chi connectivity index (χ0n) is 14.1. The predicted molar refractivity (Wildman–Crippen MR) is 102 cm³/mol. The van der Waals surface area contributed by atoms with Crippen LogP contribution in [0.4, 0.5) is 0 Å². The van der Waals surface area contributed by atoms with E-state index in [0.717, 1.165) is 16.8 Å². The van der Waals surface area contributed by atoms with E-state index in [1.807, 2.05) is 42.5 Å². The smallest absolute Gasteiger partial charge is 0.253 e. The van der Waals surface area contributed by atoms with Gasteiger partial charge in [-0.2, -0.15) is 5.10 Å². The molecule has 2 heterocycles. The molecule has 134 valence electrons. The molecule has 7 nitrogen and oxygen atoms in total. The molecule has 1 amide bonds. The summed E-state index contributed by atoms with van der Waals surface area (Å²) in [7, 11) is 0. The van der Waals surface area contributed by atoms with Crippen molar-refractivity contribution >= 4 is 17.5 Å². The van der Waals surface area contributed by atoms with Gasteiger partial charge in [-0.05, 0) is 29.8 Å². The van der Waals surface area contributed by atoms with Crippen LogP contribution < -0.4 is 5.32 Å². The van der Waals surface area contributed by atoms with Gasteiger partial charge in [0.05, 0.1) is 23.1 Å². The molecule has 4 aromatic rings. The lowest BCUT2D eigenvalue weighted by Crippen LogP contribution is -2.24. The highest BCUT2D eigenvalue weighted by Gasteiger charge is 2.14. The molecule has 0 radical (unpaired) electrons. The van der Waals surface area contributed by atoms with Crippen LogP contribution in [0.1, 0.15) is 15.9 Å². The summed E-state index contributed by atoms with van der Waals surface area (Å²) in [6.07, 6.45) is 4.82. The van der Waals surface area contributed by atoms with Crippen molar-refractivity contribution in [3.63, 3.8) is 0 Å². The fourth-order valence-electron chi connectivity index (χ4n) is 2.80. The van der Waals surface area contributed by atoms with E-state index in [0.29, 0.717) is 22.8 Å². The number of carbonyl (C=O) groups excluding carboxylic acids is 1. The van der Waals surface area contributed by atoms with Crippen LogP contribution in [-0.2, 0) is 6.54 Å². The number of carbonyl (C=O) groups is 1. The van der Waals surface area contributed by atoms with Gasteiger partial charge >= 0.3 is 0 Å². The summed E-state index contributed by atoms with van der Waals surface area (Å²) in [5, 5.41) is 18.3. The maximum Gasteiger partial charge on any atom is 0.253 e. The summed E-state index contributed by atoms with van der Waals surface area (Å²) in [5.41, 5.74) is 3.93. The second-order valence-corrected chi connectivity index (χ2v) is 6.28. The van der Waals surface area contributed by atoms with Gasteiger partial charge < -0.3 is 5.32 Å². The molecule has 27 heavy (non-hydrogen) atoms. The van der Waals surface area contributed by atoms with Crippen molar-refractivity contribution in [3.05, 3.63) is 83.5 Å². The Kier molecular flexibility index (Phi) is 4.67. The number of aromatic amines is 1. The fourth-order valence-corrected chi connectivity index (χ4v) is 2.92. The minimum Gasteiger partial charge on any atom is -0.348 e. The van der Waals surface area contributed by atoms with Gasteiger partial charge in [-0.25, -0.2) is 0 Å². The van der Waals surface area contributed by atoms with Crippen LogP contribution in [0.2, 0.25) is 5.02 Å². The van der Waals surface area contributed by atoms with Gasteiger partial charge in [0.1, 0.15) is 12.7 Å². The molecule has 0 bridgehead atoms. The average molecular weight is 379 g/mol. The topological polar surface area (TPSA) is 88.5 Å². The summed E-state index contributed by atoms with van der Waals surface area (Å²) in [6.45, 7) is 0.337. The van der Waals surface area contributed by atoms with Gasteiger partial charge in [-0.15, -0.1) is 10.2 Å². The van der Waals surface area contributed by atoms with Crippen molar-refractivity contribution in [2.24, 2.45) is 0 Å². The Hall–Kier alpha value is -3.45. The normalized spacial score (nSPS) is 10.7. The first kappa shape index (κ1) is 17.0. The molecule has 2 N–H and O–H groups in total. The predicted octanol–water partition coefficient (Wildman–Crippen LogP) is 3.24. The summed E-state index contributed by atoms with van der Waals surface area (Å²) in [5.74, 6) is -0.192. The van der Waals surface area contributed by atoms with Gasteiger partial charge in [0.25, 0.3) is 5.91 Å². The SMILES string of the molecule is O=C(NCc1cn[nH]c1-c1ccc(Cl)cc1)c1ccccc1-n1cnnc1. The van der Waals surface area contributed by atoms with Crippen LogP contribution in [0.5, 0.6) is 0 Å². The van der Waals surface area contributed by atoms with E-state index in [-0.39, 0.29) is 5.91 Å². The Morgan fingerprint density at radius 1 is 1.07 bits per heavy atom. The van der Waals surface area contributed by atoms with Gasteiger partial charge in [0.2, 0.25) is 0 Å². The van der Waals surface area contributed by atoms with E-state index in [1.54, 1.807) is 29.5 Å². The Labute approximate surface area is 160 Å². The van der Waals surface area contributed by atoms with Crippen LogP contribution in [0, 0.1) is 0 Å². The van der Waals surface area contributed by atoms with Crippen molar-refractivity contribution in [3.8, 4) is 16.9 Å². The number of nitrogens with zero attached hydrogens (tertiary/aromatic N) is 4. The highest BCUT2D eigenvalue weighted by Crippen LogP contribution is 2.23. The number of aromatic nitrogens is 5. The van der Waals surface area contributed by atoms with Crippen LogP contribution in [0.25, 0.3) is 16.9 Å². The number of hydrogen-bond acceptors (Lipinski definition) is 4. The minimum atomic E-state index is -0.192. The minimum absolute atomic E-state index is 0.192. The van der Waals surface area contributed by atoms with Crippen LogP contribution in [0.3, 0.4) is 0 Å². The Morgan fingerprint density at radius 2 is 1.81 bits per heavy atom. The van der Waals surface area contributed by atoms with Crippen LogP contribution in [0.15, 0.2) is 67.4 Å². The lowest BCUT2D eigenvalue weighted by Gasteiger charge is -2.10. The van der Waals surface area contributed by atoms with E-state index in [4.69, 9.17) is 11.6 Å². The largest absolute Gasteiger partial charge is 0.348 e. The van der Waals surface area contributed by atoms with E-state index >= 15 is 0 Å². The van der Waals surface area contributed by atoms with Crippen LogP contribution >= 0.6 is 11.6 Å². The molecular weight excluding hydrogens is 364 g/mol. The molecule has 0 saturated carbocycles. The van der Waals surface area contributed by atoms with Crippen molar-refractivity contribution in [1.29, 1.82) is 0 Å². The lowest BCUT2D eigenvalue weighted by atomic mass is 10.1. The van der Waals surface area contributed by atoms with Gasteiger partial charge in [0.15, 0.2) is 0 Å². The molecule has 0 aliphatic carbocycles. The molecule has 2 aromatic carbocycles. The standard InChI is InChI=1S/C19H15ClN6O/c20-15-7-5-13(6-8-15)18-14(10-22-25-18)9-21-19(27)16-3-1-2-4-17(16)26-11-23-24-12-26/h1-8,10-12H,9H2,(H,21,27)(H,22,25). The number of amides is 1. The summed E-state index contributed by atoms with van der Waals surface area (Å²) in [4.78, 5) is 12.7.